The summed E-state index contributed by atoms with van der Waals surface area (Å²) >= 11 is 3.32. The van der Waals surface area contributed by atoms with Gasteiger partial charge in [0.05, 0.1) is 16.7 Å². The summed E-state index contributed by atoms with van der Waals surface area (Å²) in [6.45, 7) is 3.97. The molecule has 2 aromatic heterocycles. The standard InChI is InChI=1S/C19H16BrN3O4/c1-12(2)22-11-13(10-21-22)18(24)7-4-15-5-8-19(27-15)16-6-3-14(23(25)26)9-17(16)20/h3-12H,1-2H3. The van der Waals surface area contributed by atoms with Crippen molar-refractivity contribution in [3.8, 4) is 11.3 Å². The number of aromatic nitrogens is 2. The van der Waals surface area contributed by atoms with E-state index in [9.17, 15) is 14.9 Å². The zero-order valence-electron chi connectivity index (χ0n) is 14.6. The van der Waals surface area contributed by atoms with E-state index < -0.39 is 4.92 Å². The van der Waals surface area contributed by atoms with Crippen LogP contribution in [0.1, 0.15) is 36.0 Å². The number of nitro benzene ring substituents is 1. The lowest BCUT2D eigenvalue weighted by Crippen LogP contribution is -2.00. The number of carbonyl (C=O) groups excluding carboxylic acids is 1. The number of benzene rings is 1. The Morgan fingerprint density at radius 2 is 2.11 bits per heavy atom. The fraction of sp³-hybridized carbons (Fsp3) is 0.158. The average molecular weight is 430 g/mol. The highest BCUT2D eigenvalue weighted by Crippen LogP contribution is 2.32. The molecular weight excluding hydrogens is 414 g/mol. The Bertz CT molecular complexity index is 1030. The minimum absolute atomic E-state index is 0.00941. The van der Waals surface area contributed by atoms with E-state index in [0.717, 1.165) is 0 Å². The van der Waals surface area contributed by atoms with Crippen molar-refractivity contribution in [2.75, 3.05) is 0 Å². The molecule has 138 valence electrons. The maximum absolute atomic E-state index is 12.2. The summed E-state index contributed by atoms with van der Waals surface area (Å²) in [6.07, 6.45) is 6.25. The van der Waals surface area contributed by atoms with Crippen molar-refractivity contribution in [3.05, 3.63) is 74.7 Å². The van der Waals surface area contributed by atoms with Crippen LogP contribution in [-0.4, -0.2) is 20.5 Å². The Morgan fingerprint density at radius 3 is 2.74 bits per heavy atom. The molecule has 0 bridgehead atoms. The van der Waals surface area contributed by atoms with E-state index in [0.29, 0.717) is 27.1 Å². The SMILES string of the molecule is CC(C)n1cc(C(=O)C=Cc2ccc(-c3ccc([N+](=O)[O-])cc3Br)o2)cn1. The molecule has 3 aromatic rings. The van der Waals surface area contributed by atoms with E-state index in [2.05, 4.69) is 21.0 Å². The third-order valence-corrected chi connectivity index (χ3v) is 4.53. The van der Waals surface area contributed by atoms with Gasteiger partial charge in [0.2, 0.25) is 0 Å². The Hall–Kier alpha value is -3.00. The maximum atomic E-state index is 12.2. The second kappa shape index (κ2) is 7.71. The van der Waals surface area contributed by atoms with E-state index in [1.165, 1.54) is 24.4 Å². The summed E-state index contributed by atoms with van der Waals surface area (Å²) in [4.78, 5) is 22.6. The number of rotatable bonds is 6. The normalized spacial score (nSPS) is 11.4. The predicted molar refractivity (Wildman–Crippen MR) is 104 cm³/mol. The zero-order chi connectivity index (χ0) is 19.6. The first-order valence-corrected chi connectivity index (χ1v) is 8.95. The van der Waals surface area contributed by atoms with Crippen molar-refractivity contribution in [1.29, 1.82) is 0 Å². The predicted octanol–water partition coefficient (Wildman–Crippen LogP) is 5.29. The molecule has 0 aliphatic rings. The van der Waals surface area contributed by atoms with Crippen molar-refractivity contribution in [1.82, 2.24) is 9.78 Å². The molecule has 0 unspecified atom stereocenters. The first kappa shape index (κ1) is 18.8. The first-order valence-electron chi connectivity index (χ1n) is 8.16. The van der Waals surface area contributed by atoms with Crippen LogP contribution in [0.15, 0.2) is 57.7 Å². The number of halogens is 1. The highest BCUT2D eigenvalue weighted by Gasteiger charge is 2.13. The summed E-state index contributed by atoms with van der Waals surface area (Å²) in [5.74, 6) is 0.868. The van der Waals surface area contributed by atoms with Gasteiger partial charge < -0.3 is 4.42 Å². The average Bonchev–Trinajstić information content (AvgIpc) is 3.29. The van der Waals surface area contributed by atoms with Crippen molar-refractivity contribution in [2.24, 2.45) is 0 Å². The molecule has 0 radical (unpaired) electrons. The minimum Gasteiger partial charge on any atom is -0.457 e. The van der Waals surface area contributed by atoms with Crippen LogP contribution in [0.3, 0.4) is 0 Å². The lowest BCUT2D eigenvalue weighted by molar-refractivity contribution is -0.384. The number of nitro groups is 1. The third kappa shape index (κ3) is 4.22. The van der Waals surface area contributed by atoms with Crippen LogP contribution in [0, 0.1) is 10.1 Å². The van der Waals surface area contributed by atoms with Gasteiger partial charge >= 0.3 is 0 Å². The molecule has 0 N–H and O–H groups in total. The molecule has 7 nitrogen and oxygen atoms in total. The smallest absolute Gasteiger partial charge is 0.270 e. The van der Waals surface area contributed by atoms with Crippen LogP contribution in [0.5, 0.6) is 0 Å². The van der Waals surface area contributed by atoms with Crippen LogP contribution < -0.4 is 0 Å². The summed E-state index contributed by atoms with van der Waals surface area (Å²) in [6, 6.07) is 8.10. The largest absolute Gasteiger partial charge is 0.457 e. The number of ketones is 1. The lowest BCUT2D eigenvalue weighted by Gasteiger charge is -2.02. The topological polar surface area (TPSA) is 91.2 Å². The molecule has 27 heavy (non-hydrogen) atoms. The molecule has 0 aliphatic heterocycles. The molecular formula is C19H16BrN3O4. The summed E-state index contributed by atoms with van der Waals surface area (Å²) < 4.78 is 8.00. The summed E-state index contributed by atoms with van der Waals surface area (Å²) in [7, 11) is 0. The van der Waals surface area contributed by atoms with E-state index >= 15 is 0 Å². The maximum Gasteiger partial charge on any atom is 0.270 e. The van der Waals surface area contributed by atoms with E-state index in [1.807, 2.05) is 13.8 Å². The molecule has 1 aromatic carbocycles. The Balaban J connectivity index is 1.76. The number of non-ortho nitro benzene ring substituents is 1. The highest BCUT2D eigenvalue weighted by molar-refractivity contribution is 9.10. The fourth-order valence-corrected chi connectivity index (χ4v) is 2.97. The molecule has 0 saturated heterocycles. The molecule has 0 spiro atoms. The van der Waals surface area contributed by atoms with Gasteiger partial charge in [0.15, 0.2) is 5.78 Å². The van der Waals surface area contributed by atoms with Gasteiger partial charge in [0, 0.05) is 34.4 Å². The van der Waals surface area contributed by atoms with Gasteiger partial charge in [-0.1, -0.05) is 0 Å². The fourth-order valence-electron chi connectivity index (χ4n) is 2.41. The van der Waals surface area contributed by atoms with Crippen molar-refractivity contribution < 1.29 is 14.1 Å². The van der Waals surface area contributed by atoms with E-state index in [4.69, 9.17) is 4.42 Å². The Labute approximate surface area is 163 Å². The van der Waals surface area contributed by atoms with Crippen molar-refractivity contribution in [2.45, 2.75) is 19.9 Å². The lowest BCUT2D eigenvalue weighted by atomic mass is 10.1. The monoisotopic (exact) mass is 429 g/mol. The van der Waals surface area contributed by atoms with Gasteiger partial charge in [-0.15, -0.1) is 0 Å². The van der Waals surface area contributed by atoms with E-state index in [1.54, 1.807) is 35.2 Å². The second-order valence-electron chi connectivity index (χ2n) is 6.12. The van der Waals surface area contributed by atoms with Gasteiger partial charge in [-0.2, -0.15) is 5.10 Å². The van der Waals surface area contributed by atoms with Gasteiger partial charge in [-0.25, -0.2) is 0 Å². The second-order valence-corrected chi connectivity index (χ2v) is 6.98. The molecule has 2 heterocycles. The number of carbonyl (C=O) groups is 1. The number of nitrogens with zero attached hydrogens (tertiary/aromatic N) is 3. The van der Waals surface area contributed by atoms with Gasteiger partial charge in [0.1, 0.15) is 11.5 Å². The molecule has 8 heteroatoms. The molecule has 0 saturated carbocycles. The molecule has 0 amide bonds. The summed E-state index contributed by atoms with van der Waals surface area (Å²) in [5, 5.41) is 15.0. The third-order valence-electron chi connectivity index (χ3n) is 3.87. The summed E-state index contributed by atoms with van der Waals surface area (Å²) in [5.41, 5.74) is 1.18. The van der Waals surface area contributed by atoms with Crippen LogP contribution in [0.25, 0.3) is 17.4 Å². The number of furan rings is 1. The number of hydrogen-bond acceptors (Lipinski definition) is 5. The molecule has 0 fully saturated rings. The number of allylic oxidation sites excluding steroid dienone is 1. The highest BCUT2D eigenvalue weighted by atomic mass is 79.9. The first-order chi connectivity index (χ1) is 12.8. The van der Waals surface area contributed by atoms with Crippen LogP contribution in [0.2, 0.25) is 0 Å². The van der Waals surface area contributed by atoms with Crippen molar-refractivity contribution >= 4 is 33.5 Å². The quantitative estimate of drug-likeness (QED) is 0.229. The minimum atomic E-state index is -0.460. The van der Waals surface area contributed by atoms with Gasteiger partial charge in [-0.3, -0.25) is 19.6 Å². The Morgan fingerprint density at radius 1 is 1.33 bits per heavy atom. The molecule has 0 atom stereocenters. The van der Waals surface area contributed by atoms with Crippen LogP contribution >= 0.6 is 15.9 Å². The molecule has 3 rings (SSSR count). The zero-order valence-corrected chi connectivity index (χ0v) is 16.2. The van der Waals surface area contributed by atoms with E-state index in [-0.39, 0.29) is 17.5 Å². The van der Waals surface area contributed by atoms with Gasteiger partial charge in [-0.05, 0) is 60.1 Å². The van der Waals surface area contributed by atoms with Crippen LogP contribution in [0.4, 0.5) is 5.69 Å². The molecule has 0 aliphatic carbocycles. The Kier molecular flexibility index (Phi) is 5.36. The van der Waals surface area contributed by atoms with Crippen molar-refractivity contribution in [3.63, 3.8) is 0 Å². The number of hydrogen-bond donors (Lipinski definition) is 0. The van der Waals surface area contributed by atoms with Gasteiger partial charge in [0.25, 0.3) is 5.69 Å². The van der Waals surface area contributed by atoms with Crippen LogP contribution in [-0.2, 0) is 0 Å².